The van der Waals surface area contributed by atoms with Crippen molar-refractivity contribution in [2.45, 2.75) is 53.1 Å². The van der Waals surface area contributed by atoms with Gasteiger partial charge in [-0.1, -0.05) is 6.42 Å². The molecule has 0 radical (unpaired) electrons. The van der Waals surface area contributed by atoms with Gasteiger partial charge in [-0.3, -0.25) is 9.69 Å². The van der Waals surface area contributed by atoms with E-state index in [4.69, 9.17) is 0 Å². The Morgan fingerprint density at radius 2 is 1.90 bits per heavy atom. The highest BCUT2D eigenvalue weighted by Gasteiger charge is 2.19. The fourth-order valence-electron chi connectivity index (χ4n) is 3.31. The van der Waals surface area contributed by atoms with Crippen LogP contribution in [0.4, 0.5) is 0 Å². The van der Waals surface area contributed by atoms with Crippen molar-refractivity contribution >= 4 is 11.0 Å². The summed E-state index contributed by atoms with van der Waals surface area (Å²) in [4.78, 5) is 18.7. The molecule has 3 heterocycles. The first kappa shape index (κ1) is 14.3. The lowest BCUT2D eigenvalue weighted by molar-refractivity contribution is 0.220. The molecule has 1 aliphatic rings. The second-order valence-electron chi connectivity index (χ2n) is 6.02. The highest BCUT2D eigenvalue weighted by Crippen LogP contribution is 2.18. The Bertz CT molecular complexity index is 707. The van der Waals surface area contributed by atoms with Crippen molar-refractivity contribution in [2.75, 3.05) is 13.1 Å². The van der Waals surface area contributed by atoms with E-state index >= 15 is 0 Å². The van der Waals surface area contributed by atoms with Crippen LogP contribution in [0.5, 0.6) is 0 Å². The molecule has 0 aromatic carbocycles. The van der Waals surface area contributed by atoms with Gasteiger partial charge >= 0.3 is 0 Å². The highest BCUT2D eigenvalue weighted by atomic mass is 16.1. The van der Waals surface area contributed by atoms with Crippen molar-refractivity contribution < 1.29 is 0 Å². The Kier molecular flexibility index (Phi) is 3.85. The van der Waals surface area contributed by atoms with Gasteiger partial charge in [-0.25, -0.2) is 4.68 Å². The predicted molar refractivity (Wildman–Crippen MR) is 84.6 cm³/mol. The monoisotopic (exact) mass is 288 g/mol. The van der Waals surface area contributed by atoms with E-state index in [2.05, 4.69) is 15.0 Å². The Balaban J connectivity index is 2.06. The molecule has 1 fully saturated rings. The van der Waals surface area contributed by atoms with Gasteiger partial charge in [0.2, 0.25) is 0 Å². The number of likely N-dealkylation sites (tertiary alicyclic amines) is 1. The quantitative estimate of drug-likeness (QED) is 0.943. The number of H-pyrrole nitrogens is 1. The van der Waals surface area contributed by atoms with E-state index in [9.17, 15) is 4.79 Å². The van der Waals surface area contributed by atoms with Crippen LogP contribution in [-0.4, -0.2) is 32.8 Å². The number of pyridine rings is 1. The zero-order valence-corrected chi connectivity index (χ0v) is 13.2. The number of fused-ring (bicyclic) bond motifs is 1. The molecule has 0 bridgehead atoms. The van der Waals surface area contributed by atoms with Gasteiger partial charge in [0.15, 0.2) is 5.43 Å². The first-order chi connectivity index (χ1) is 10.1. The van der Waals surface area contributed by atoms with E-state index in [0.29, 0.717) is 0 Å². The van der Waals surface area contributed by atoms with Crippen molar-refractivity contribution in [1.29, 1.82) is 0 Å². The summed E-state index contributed by atoms with van der Waals surface area (Å²) >= 11 is 0. The molecule has 0 saturated carbocycles. The van der Waals surface area contributed by atoms with Crippen LogP contribution in [0.2, 0.25) is 0 Å². The minimum Gasteiger partial charge on any atom is -0.343 e. The summed E-state index contributed by atoms with van der Waals surface area (Å²) in [5, 5.41) is 5.23. The van der Waals surface area contributed by atoms with Gasteiger partial charge in [-0.2, -0.15) is 5.10 Å². The van der Waals surface area contributed by atoms with E-state index in [-0.39, 0.29) is 5.43 Å². The zero-order valence-electron chi connectivity index (χ0n) is 13.2. The van der Waals surface area contributed by atoms with Crippen LogP contribution in [0.25, 0.3) is 11.0 Å². The van der Waals surface area contributed by atoms with E-state index < -0.39 is 0 Å². The molecule has 2 aromatic rings. The van der Waals surface area contributed by atoms with Crippen molar-refractivity contribution in [2.24, 2.45) is 0 Å². The van der Waals surface area contributed by atoms with Crippen LogP contribution in [0, 0.1) is 13.8 Å². The third kappa shape index (κ3) is 2.50. The molecule has 5 nitrogen and oxygen atoms in total. The first-order valence-corrected chi connectivity index (χ1v) is 7.93. The summed E-state index contributed by atoms with van der Waals surface area (Å²) in [5.41, 5.74) is 3.73. The van der Waals surface area contributed by atoms with E-state index in [0.717, 1.165) is 54.2 Å². The maximum Gasteiger partial charge on any atom is 0.197 e. The molecule has 5 heteroatoms. The van der Waals surface area contributed by atoms with Crippen molar-refractivity contribution in [3.8, 4) is 0 Å². The number of nitrogens with one attached hydrogen (secondary N) is 1. The number of hydrogen-bond acceptors (Lipinski definition) is 3. The summed E-state index contributed by atoms with van der Waals surface area (Å²) in [6, 6.07) is 0. The number of nitrogens with zero attached hydrogens (tertiary/aromatic N) is 3. The number of rotatable bonds is 3. The molecule has 0 unspecified atom stereocenters. The van der Waals surface area contributed by atoms with Crippen LogP contribution in [0.15, 0.2) is 4.79 Å². The Morgan fingerprint density at radius 3 is 2.57 bits per heavy atom. The van der Waals surface area contributed by atoms with Crippen LogP contribution in [0.1, 0.15) is 43.1 Å². The summed E-state index contributed by atoms with van der Waals surface area (Å²) in [7, 11) is 0. The van der Waals surface area contributed by atoms with Crippen molar-refractivity contribution in [1.82, 2.24) is 19.7 Å². The lowest BCUT2D eigenvalue weighted by Gasteiger charge is -2.26. The number of aromatic nitrogens is 3. The number of aromatic amines is 1. The average Bonchev–Trinajstić information content (AvgIpc) is 2.80. The third-order valence-electron chi connectivity index (χ3n) is 4.52. The molecule has 1 N–H and O–H groups in total. The summed E-state index contributed by atoms with van der Waals surface area (Å²) in [5.74, 6) is 0. The van der Waals surface area contributed by atoms with Gasteiger partial charge < -0.3 is 4.98 Å². The predicted octanol–water partition coefficient (Wildman–Crippen LogP) is 2.35. The standard InChI is InChI=1S/C16H24N4O/c1-4-20-16-14(12(3)18-20)15(21)13(11(2)17-16)10-19-8-6-5-7-9-19/h4-10H2,1-3H3,(H,17,21). The van der Waals surface area contributed by atoms with Gasteiger partial charge in [0, 0.05) is 24.3 Å². The molecule has 114 valence electrons. The molecular weight excluding hydrogens is 264 g/mol. The zero-order chi connectivity index (χ0) is 15.0. The van der Waals surface area contributed by atoms with E-state index in [1.807, 2.05) is 25.5 Å². The molecule has 2 aromatic heterocycles. The Morgan fingerprint density at radius 1 is 1.19 bits per heavy atom. The second kappa shape index (κ2) is 5.64. The third-order valence-corrected chi connectivity index (χ3v) is 4.52. The number of piperidine rings is 1. The Hall–Kier alpha value is -1.62. The Labute approximate surface area is 125 Å². The lowest BCUT2D eigenvalue weighted by atomic mass is 10.1. The van der Waals surface area contributed by atoms with Gasteiger partial charge in [0.1, 0.15) is 5.65 Å². The van der Waals surface area contributed by atoms with Crippen LogP contribution in [0.3, 0.4) is 0 Å². The fourth-order valence-corrected chi connectivity index (χ4v) is 3.31. The summed E-state index contributed by atoms with van der Waals surface area (Å²) in [6.45, 7) is 9.70. The smallest absolute Gasteiger partial charge is 0.197 e. The van der Waals surface area contributed by atoms with Gasteiger partial charge in [-0.15, -0.1) is 0 Å². The molecule has 0 amide bonds. The molecule has 3 rings (SSSR count). The summed E-state index contributed by atoms with van der Waals surface area (Å²) in [6.07, 6.45) is 3.80. The molecule has 0 aliphatic carbocycles. The molecule has 1 aliphatic heterocycles. The highest BCUT2D eigenvalue weighted by molar-refractivity contribution is 5.79. The lowest BCUT2D eigenvalue weighted by Crippen LogP contribution is -2.32. The number of aryl methyl sites for hydroxylation is 3. The fraction of sp³-hybridized carbons (Fsp3) is 0.625. The van der Waals surface area contributed by atoms with Crippen molar-refractivity contribution in [3.05, 3.63) is 27.2 Å². The average molecular weight is 288 g/mol. The molecule has 1 saturated heterocycles. The van der Waals surface area contributed by atoms with E-state index in [1.165, 1.54) is 19.3 Å². The SMILES string of the molecule is CCn1nc(C)c2c(=O)c(CN3CCCCC3)c(C)[nH]c21. The first-order valence-electron chi connectivity index (χ1n) is 7.93. The molecular formula is C16H24N4O. The topological polar surface area (TPSA) is 53.9 Å². The normalized spacial score (nSPS) is 16.7. The molecule has 0 spiro atoms. The van der Waals surface area contributed by atoms with Crippen LogP contribution >= 0.6 is 0 Å². The molecule has 21 heavy (non-hydrogen) atoms. The van der Waals surface area contributed by atoms with Crippen LogP contribution in [-0.2, 0) is 13.1 Å². The molecule has 0 atom stereocenters. The van der Waals surface area contributed by atoms with Crippen LogP contribution < -0.4 is 5.43 Å². The minimum absolute atomic E-state index is 0.157. The number of hydrogen-bond donors (Lipinski definition) is 1. The van der Waals surface area contributed by atoms with Gasteiger partial charge in [0.25, 0.3) is 0 Å². The summed E-state index contributed by atoms with van der Waals surface area (Å²) < 4.78 is 1.88. The maximum atomic E-state index is 12.9. The maximum absolute atomic E-state index is 12.9. The largest absolute Gasteiger partial charge is 0.343 e. The van der Waals surface area contributed by atoms with Gasteiger partial charge in [-0.05, 0) is 46.7 Å². The minimum atomic E-state index is 0.157. The van der Waals surface area contributed by atoms with E-state index in [1.54, 1.807) is 0 Å². The van der Waals surface area contributed by atoms with Crippen molar-refractivity contribution in [3.63, 3.8) is 0 Å². The second-order valence-corrected chi connectivity index (χ2v) is 6.02. The van der Waals surface area contributed by atoms with Gasteiger partial charge in [0.05, 0.1) is 11.1 Å².